The quantitative estimate of drug-likeness (QED) is 0.288. The second-order valence-electron chi connectivity index (χ2n) is 6.43. The molecule has 1 aliphatic heterocycles. The summed E-state index contributed by atoms with van der Waals surface area (Å²) >= 11 is 18.5. The van der Waals surface area contributed by atoms with Gasteiger partial charge in [0.15, 0.2) is 5.54 Å². The van der Waals surface area contributed by atoms with Crippen molar-refractivity contribution in [1.82, 2.24) is 0 Å². The number of benzene rings is 1. The van der Waals surface area contributed by atoms with E-state index < -0.39 is 9.39 Å². The van der Waals surface area contributed by atoms with Crippen molar-refractivity contribution in [3.05, 3.63) is 27.2 Å². The van der Waals surface area contributed by atoms with Crippen LogP contribution >= 0.6 is 75.0 Å². The van der Waals surface area contributed by atoms with Gasteiger partial charge in [-0.2, -0.15) is 0 Å². The Morgan fingerprint density at radius 3 is 1.65 bits per heavy atom. The van der Waals surface area contributed by atoms with Crippen molar-refractivity contribution in [2.24, 2.45) is 5.11 Å². The zero-order chi connectivity index (χ0) is 18.2. The molecule has 0 spiro atoms. The molecule has 0 saturated heterocycles. The Labute approximate surface area is 171 Å². The Hall–Kier alpha value is 1.38. The van der Waals surface area contributed by atoms with Crippen LogP contribution in [0, 0.1) is 0 Å². The van der Waals surface area contributed by atoms with E-state index in [9.17, 15) is 0 Å². The summed E-state index contributed by atoms with van der Waals surface area (Å²) < 4.78 is 1.92. The van der Waals surface area contributed by atoms with Crippen molar-refractivity contribution in [2.75, 3.05) is 0 Å². The summed E-state index contributed by atoms with van der Waals surface area (Å²) in [6.45, 7) is 8.47. The topological polar surface area (TPSA) is 15.4 Å². The van der Waals surface area contributed by atoms with Crippen LogP contribution in [0.2, 0.25) is 15.1 Å². The molecule has 1 aromatic carbocycles. The zero-order valence-corrected chi connectivity index (χ0v) is 19.4. The molecule has 0 unspecified atom stereocenters. The molecule has 23 heavy (non-hydrogen) atoms. The first-order valence-corrected chi connectivity index (χ1v) is 14.8. The first-order valence-electron chi connectivity index (χ1n) is 6.67. The van der Waals surface area contributed by atoms with E-state index in [-0.39, 0.29) is 11.1 Å². The molecular formula is C13H16AlCl7N2. The average molecular weight is 475 g/mol. The van der Waals surface area contributed by atoms with E-state index in [1.807, 2.05) is 4.70 Å². The highest BCUT2D eigenvalue weighted by molar-refractivity contribution is 7.81. The highest BCUT2D eigenvalue weighted by Gasteiger charge is 2.49. The molecule has 1 aliphatic rings. The van der Waals surface area contributed by atoms with Crippen LogP contribution in [-0.4, -0.2) is 25.2 Å². The maximum Gasteiger partial charge on any atom is 0.564 e. The van der Waals surface area contributed by atoms with Gasteiger partial charge in [-0.3, -0.25) is 0 Å². The highest BCUT2D eigenvalue weighted by Crippen LogP contribution is 2.44. The molecule has 0 bridgehead atoms. The van der Waals surface area contributed by atoms with Crippen molar-refractivity contribution in [1.29, 1.82) is 0 Å². The monoisotopic (exact) mass is 472 g/mol. The second-order valence-corrected chi connectivity index (χ2v) is 20.5. The second kappa shape index (κ2) is 7.95. The molecule has 0 amide bonds. The molecular weight excluding hydrogens is 459 g/mol. The van der Waals surface area contributed by atoms with E-state index in [2.05, 4.69) is 27.7 Å². The smallest absolute Gasteiger partial charge is 0.391 e. The van der Waals surface area contributed by atoms with Crippen molar-refractivity contribution >= 4 is 90.1 Å². The van der Waals surface area contributed by atoms with Crippen molar-refractivity contribution in [2.45, 2.75) is 45.2 Å². The summed E-state index contributed by atoms with van der Waals surface area (Å²) in [7, 11) is 17.0. The van der Waals surface area contributed by atoms with Crippen LogP contribution in [-0.2, 0) is 0 Å². The molecule has 0 N–H and O–H groups in total. The van der Waals surface area contributed by atoms with Gasteiger partial charge in [0.1, 0.15) is 15.6 Å². The van der Waals surface area contributed by atoms with Crippen LogP contribution in [0.5, 0.6) is 0 Å². The van der Waals surface area contributed by atoms with Crippen LogP contribution < -0.4 is 0 Å². The maximum absolute atomic E-state index is 6.26. The molecule has 130 valence electrons. The third-order valence-electron chi connectivity index (χ3n) is 3.00. The van der Waals surface area contributed by atoms with Gasteiger partial charge in [0.25, 0.3) is 5.69 Å². The maximum atomic E-state index is 6.26. The number of nitrogens with zero attached hydrogens (tertiary/aromatic N) is 2. The number of hydrogen-bond donors (Lipinski definition) is 0. The standard InChI is InChI=1S/C13H16Cl3N2.Al.4ClH/c1-12(2)7-13(3,4)18(17-12)11-9(15)5-8(14)6-10(11)16;;;;;/h5-6H,7H2,1-4H3;;4*1H/q+1;+3;;;;/p-4. The van der Waals surface area contributed by atoms with Gasteiger partial charge in [-0.25, -0.2) is 0 Å². The molecule has 2 nitrogen and oxygen atoms in total. The predicted octanol–water partition coefficient (Wildman–Crippen LogP) is 8.08. The van der Waals surface area contributed by atoms with Crippen molar-refractivity contribution in [3.63, 3.8) is 0 Å². The number of halogens is 7. The van der Waals surface area contributed by atoms with Crippen LogP contribution in [0.15, 0.2) is 17.2 Å². The SMILES string of the molecule is CC1(C)CC(C)(C)[N+](c2c(Cl)cc(Cl)cc2Cl)=N1.[Cl][Al-]([Cl])([Cl])[Cl]. The lowest BCUT2D eigenvalue weighted by Gasteiger charge is -2.16. The molecule has 1 heterocycles. The number of rotatable bonds is 1. The fourth-order valence-electron chi connectivity index (χ4n) is 2.66. The lowest BCUT2D eigenvalue weighted by atomic mass is 9.89. The summed E-state index contributed by atoms with van der Waals surface area (Å²) in [5, 5.41) is 6.31. The van der Waals surface area contributed by atoms with E-state index in [1.165, 1.54) is 0 Å². The minimum atomic E-state index is -2.94. The fraction of sp³-hybridized carbons (Fsp3) is 0.538. The van der Waals surface area contributed by atoms with E-state index in [0.717, 1.165) is 12.1 Å². The molecule has 0 fully saturated rings. The van der Waals surface area contributed by atoms with Gasteiger partial charge in [-0.05, 0) is 31.1 Å². The Balaban J connectivity index is 0.000000463. The van der Waals surface area contributed by atoms with Crippen LogP contribution in [0.25, 0.3) is 0 Å². The first kappa shape index (κ1) is 22.4. The van der Waals surface area contributed by atoms with Crippen molar-refractivity contribution in [3.8, 4) is 0 Å². The lowest BCUT2D eigenvalue weighted by Crippen LogP contribution is -2.30. The summed E-state index contributed by atoms with van der Waals surface area (Å²) in [6, 6.07) is 3.39. The van der Waals surface area contributed by atoms with E-state index in [4.69, 9.17) is 80.1 Å². The first-order chi connectivity index (χ1) is 10.1. The van der Waals surface area contributed by atoms with Gasteiger partial charge in [0, 0.05) is 25.3 Å². The van der Waals surface area contributed by atoms with Crippen LogP contribution in [0.4, 0.5) is 5.69 Å². The van der Waals surface area contributed by atoms with Gasteiger partial charge in [0.05, 0.1) is 0 Å². The molecule has 1 aromatic rings. The molecule has 0 atom stereocenters. The van der Waals surface area contributed by atoms with Gasteiger partial charge in [-0.15, -0.1) is 0 Å². The normalized spacial score (nSPS) is 19.0. The molecule has 2 rings (SSSR count). The molecule has 10 heteroatoms. The van der Waals surface area contributed by atoms with Crippen molar-refractivity contribution < 1.29 is 4.70 Å². The third-order valence-corrected chi connectivity index (χ3v) is 3.80. The fourth-order valence-corrected chi connectivity index (χ4v) is 3.64. The number of hydrogen-bond acceptors (Lipinski definition) is 1. The number of azo groups is 2. The highest BCUT2D eigenvalue weighted by atomic mass is 35.9. The third kappa shape index (κ3) is 7.26. The Bertz CT molecular complexity index is 594. The molecule has 0 saturated carbocycles. The van der Waals surface area contributed by atoms with Gasteiger partial charge in [-0.1, -0.05) is 39.5 Å². The summed E-state index contributed by atoms with van der Waals surface area (Å²) in [6.07, 6.45) is 0.940. The van der Waals surface area contributed by atoms with Gasteiger partial charge >= 0.3 is 9.39 Å². The minimum absolute atomic E-state index is 0.115. The van der Waals surface area contributed by atoms with Crippen LogP contribution in [0.3, 0.4) is 0 Å². The Morgan fingerprint density at radius 1 is 0.957 bits per heavy atom. The van der Waals surface area contributed by atoms with E-state index >= 15 is 0 Å². The summed E-state index contributed by atoms with van der Waals surface area (Å²) in [5.74, 6) is 0. The molecule has 0 radical (unpaired) electrons. The lowest BCUT2D eigenvalue weighted by molar-refractivity contribution is -0.573. The van der Waals surface area contributed by atoms with E-state index in [1.54, 1.807) is 12.1 Å². The van der Waals surface area contributed by atoms with Gasteiger partial charge < -0.3 is 40.2 Å². The summed E-state index contributed by atoms with van der Waals surface area (Å²) in [5.41, 5.74) is 0.499. The summed E-state index contributed by atoms with van der Waals surface area (Å²) in [4.78, 5) is 0. The van der Waals surface area contributed by atoms with E-state index in [0.29, 0.717) is 15.1 Å². The van der Waals surface area contributed by atoms with Crippen LogP contribution in [0.1, 0.15) is 34.1 Å². The predicted molar refractivity (Wildman–Crippen MR) is 106 cm³/mol. The zero-order valence-electron chi connectivity index (χ0n) is 13.0. The largest absolute Gasteiger partial charge is 0.564 e. The Kier molecular flexibility index (Phi) is 7.75. The molecule has 0 aromatic heterocycles. The molecule has 0 aliphatic carbocycles. The average Bonchev–Trinajstić information content (AvgIpc) is 2.42. The van der Waals surface area contributed by atoms with Gasteiger partial charge in [0.2, 0.25) is 0 Å². The minimum Gasteiger partial charge on any atom is -0.391 e. The Morgan fingerprint density at radius 2 is 1.35 bits per heavy atom.